The first kappa shape index (κ1) is 13.7. The number of H-pyrrole nitrogens is 1. The number of benzene rings is 1. The third-order valence-corrected chi connectivity index (χ3v) is 3.72. The highest BCUT2D eigenvalue weighted by atomic mass is 15.0. The van der Waals surface area contributed by atoms with Crippen LogP contribution in [0.15, 0.2) is 36.5 Å². The zero-order valence-corrected chi connectivity index (χ0v) is 13.1. The molecule has 0 bridgehead atoms. The summed E-state index contributed by atoms with van der Waals surface area (Å²) in [5.74, 6) is 1.03. The van der Waals surface area contributed by atoms with E-state index in [1.54, 1.807) is 0 Å². The van der Waals surface area contributed by atoms with E-state index in [0.29, 0.717) is 0 Å². The Morgan fingerprint density at radius 3 is 2.71 bits per heavy atom. The van der Waals surface area contributed by atoms with Gasteiger partial charge < -0.3 is 14.9 Å². The zero-order valence-electron chi connectivity index (χ0n) is 13.1. The number of aromatic amines is 1. The standard InChI is InChI=1S/C17H22N4/c1-17(2,3)16-19-14-8-7-12(10-15(14)20-16)18-11-13-6-5-9-21(13)4/h5-10,18H,11H2,1-4H3,(H,19,20). The molecular formula is C17H22N4. The van der Waals surface area contributed by atoms with Crippen LogP contribution in [0.3, 0.4) is 0 Å². The lowest BCUT2D eigenvalue weighted by Gasteiger charge is -2.13. The summed E-state index contributed by atoms with van der Waals surface area (Å²) in [4.78, 5) is 8.09. The number of nitrogens with one attached hydrogen (secondary N) is 2. The van der Waals surface area contributed by atoms with E-state index < -0.39 is 0 Å². The Balaban J connectivity index is 1.82. The van der Waals surface area contributed by atoms with Crippen molar-refractivity contribution in [2.45, 2.75) is 32.7 Å². The van der Waals surface area contributed by atoms with Crippen molar-refractivity contribution in [1.82, 2.24) is 14.5 Å². The number of imidazole rings is 1. The van der Waals surface area contributed by atoms with Gasteiger partial charge >= 0.3 is 0 Å². The Morgan fingerprint density at radius 2 is 2.05 bits per heavy atom. The lowest BCUT2D eigenvalue weighted by Crippen LogP contribution is -2.12. The highest BCUT2D eigenvalue weighted by Crippen LogP contribution is 2.24. The van der Waals surface area contributed by atoms with Gasteiger partial charge in [-0.05, 0) is 30.3 Å². The molecule has 0 aliphatic carbocycles. The van der Waals surface area contributed by atoms with Crippen molar-refractivity contribution in [1.29, 1.82) is 0 Å². The van der Waals surface area contributed by atoms with Crippen LogP contribution in [0.4, 0.5) is 5.69 Å². The van der Waals surface area contributed by atoms with Crippen molar-refractivity contribution in [3.63, 3.8) is 0 Å². The van der Waals surface area contributed by atoms with Gasteiger partial charge in [-0.15, -0.1) is 0 Å². The Labute approximate surface area is 125 Å². The molecule has 0 aliphatic heterocycles. The van der Waals surface area contributed by atoms with Gasteiger partial charge in [-0.25, -0.2) is 4.98 Å². The van der Waals surface area contributed by atoms with Gasteiger partial charge in [-0.1, -0.05) is 20.8 Å². The maximum atomic E-state index is 4.66. The van der Waals surface area contributed by atoms with E-state index in [2.05, 4.69) is 84.2 Å². The van der Waals surface area contributed by atoms with Crippen molar-refractivity contribution in [2.75, 3.05) is 5.32 Å². The smallest absolute Gasteiger partial charge is 0.112 e. The maximum absolute atomic E-state index is 4.66. The van der Waals surface area contributed by atoms with Crippen LogP contribution in [0, 0.1) is 0 Å². The second-order valence-corrected chi connectivity index (χ2v) is 6.53. The molecule has 4 heteroatoms. The summed E-state index contributed by atoms with van der Waals surface area (Å²) in [6.45, 7) is 7.31. The molecule has 4 nitrogen and oxygen atoms in total. The van der Waals surface area contributed by atoms with Crippen molar-refractivity contribution in [3.05, 3.63) is 48.0 Å². The monoisotopic (exact) mass is 282 g/mol. The molecule has 21 heavy (non-hydrogen) atoms. The van der Waals surface area contributed by atoms with Gasteiger partial charge in [0.05, 0.1) is 17.6 Å². The molecule has 0 fully saturated rings. The van der Waals surface area contributed by atoms with Crippen LogP contribution in [-0.4, -0.2) is 14.5 Å². The predicted molar refractivity (Wildman–Crippen MR) is 87.5 cm³/mol. The van der Waals surface area contributed by atoms with Gasteiger partial charge in [0, 0.05) is 30.0 Å². The average Bonchev–Trinajstić information content (AvgIpc) is 3.01. The summed E-state index contributed by atoms with van der Waals surface area (Å²) in [5, 5.41) is 3.46. The molecule has 110 valence electrons. The molecule has 2 aromatic heterocycles. The zero-order chi connectivity index (χ0) is 15.0. The van der Waals surface area contributed by atoms with E-state index in [1.807, 2.05) is 0 Å². The third kappa shape index (κ3) is 2.79. The topological polar surface area (TPSA) is 45.6 Å². The molecule has 0 radical (unpaired) electrons. The van der Waals surface area contributed by atoms with Gasteiger partial charge in [0.15, 0.2) is 0 Å². The minimum Gasteiger partial charge on any atom is -0.379 e. The van der Waals surface area contributed by atoms with E-state index in [1.165, 1.54) is 5.69 Å². The first-order chi connectivity index (χ1) is 9.93. The first-order valence-electron chi connectivity index (χ1n) is 7.28. The molecule has 3 rings (SSSR count). The molecule has 2 N–H and O–H groups in total. The van der Waals surface area contributed by atoms with Crippen LogP contribution >= 0.6 is 0 Å². The summed E-state index contributed by atoms with van der Waals surface area (Å²) in [6, 6.07) is 10.5. The number of fused-ring (bicyclic) bond motifs is 1. The molecule has 0 amide bonds. The Bertz CT molecular complexity index is 759. The fraction of sp³-hybridized carbons (Fsp3) is 0.353. The van der Waals surface area contributed by atoms with Gasteiger partial charge in [0.1, 0.15) is 5.82 Å². The summed E-state index contributed by atoms with van der Waals surface area (Å²) >= 11 is 0. The first-order valence-corrected chi connectivity index (χ1v) is 7.28. The minimum absolute atomic E-state index is 0.0374. The van der Waals surface area contributed by atoms with Gasteiger partial charge in [0.25, 0.3) is 0 Å². The lowest BCUT2D eigenvalue weighted by molar-refractivity contribution is 0.554. The third-order valence-electron chi connectivity index (χ3n) is 3.72. The SMILES string of the molecule is Cn1cccc1CNc1ccc2nc(C(C)(C)C)[nH]c2c1. The normalized spacial score (nSPS) is 12.0. The van der Waals surface area contributed by atoms with E-state index in [4.69, 9.17) is 0 Å². The molecule has 2 heterocycles. The van der Waals surface area contributed by atoms with Crippen LogP contribution < -0.4 is 5.32 Å². The number of anilines is 1. The van der Waals surface area contributed by atoms with Crippen LogP contribution in [0.25, 0.3) is 11.0 Å². The summed E-state index contributed by atoms with van der Waals surface area (Å²) in [5.41, 5.74) is 4.50. The second kappa shape index (κ2) is 4.95. The second-order valence-electron chi connectivity index (χ2n) is 6.53. The molecule has 0 spiro atoms. The number of rotatable bonds is 3. The highest BCUT2D eigenvalue weighted by molar-refractivity contribution is 5.79. The van der Waals surface area contributed by atoms with E-state index >= 15 is 0 Å². The summed E-state index contributed by atoms with van der Waals surface area (Å²) in [7, 11) is 2.06. The van der Waals surface area contributed by atoms with Crippen molar-refractivity contribution < 1.29 is 0 Å². The maximum Gasteiger partial charge on any atom is 0.112 e. The average molecular weight is 282 g/mol. The minimum atomic E-state index is 0.0374. The van der Waals surface area contributed by atoms with E-state index in [0.717, 1.165) is 29.1 Å². The Hall–Kier alpha value is -2.23. The molecule has 0 atom stereocenters. The molecule has 1 aromatic carbocycles. The number of nitrogens with zero attached hydrogens (tertiary/aromatic N) is 2. The van der Waals surface area contributed by atoms with Crippen molar-refractivity contribution in [3.8, 4) is 0 Å². The molecule has 0 unspecified atom stereocenters. The van der Waals surface area contributed by atoms with Crippen LogP contribution in [0.5, 0.6) is 0 Å². The number of aryl methyl sites for hydroxylation is 1. The molecule has 3 aromatic rings. The fourth-order valence-corrected chi connectivity index (χ4v) is 2.35. The summed E-state index contributed by atoms with van der Waals surface area (Å²) in [6.07, 6.45) is 2.06. The quantitative estimate of drug-likeness (QED) is 0.767. The van der Waals surface area contributed by atoms with Gasteiger partial charge in [0.2, 0.25) is 0 Å². The Kier molecular flexibility index (Phi) is 3.24. The molecular weight excluding hydrogens is 260 g/mol. The molecule has 0 saturated carbocycles. The van der Waals surface area contributed by atoms with Crippen molar-refractivity contribution in [2.24, 2.45) is 7.05 Å². The predicted octanol–water partition coefficient (Wildman–Crippen LogP) is 3.81. The van der Waals surface area contributed by atoms with Gasteiger partial charge in [-0.2, -0.15) is 0 Å². The molecule has 0 saturated heterocycles. The largest absolute Gasteiger partial charge is 0.379 e. The van der Waals surface area contributed by atoms with Crippen LogP contribution in [0.2, 0.25) is 0 Å². The molecule has 0 aliphatic rings. The number of hydrogen-bond donors (Lipinski definition) is 2. The van der Waals surface area contributed by atoms with Crippen LogP contribution in [-0.2, 0) is 19.0 Å². The van der Waals surface area contributed by atoms with E-state index in [9.17, 15) is 0 Å². The fourth-order valence-electron chi connectivity index (χ4n) is 2.35. The van der Waals surface area contributed by atoms with Gasteiger partial charge in [-0.3, -0.25) is 0 Å². The number of hydrogen-bond acceptors (Lipinski definition) is 2. The summed E-state index contributed by atoms with van der Waals surface area (Å²) < 4.78 is 2.12. The van der Waals surface area contributed by atoms with Crippen molar-refractivity contribution >= 4 is 16.7 Å². The lowest BCUT2D eigenvalue weighted by atomic mass is 9.96. The number of aromatic nitrogens is 3. The highest BCUT2D eigenvalue weighted by Gasteiger charge is 2.18. The van der Waals surface area contributed by atoms with E-state index in [-0.39, 0.29) is 5.41 Å². The van der Waals surface area contributed by atoms with Crippen LogP contribution in [0.1, 0.15) is 32.3 Å². The Morgan fingerprint density at radius 1 is 1.24 bits per heavy atom.